The first-order valence-corrected chi connectivity index (χ1v) is 10.3. The maximum atomic E-state index is 13.2. The molecule has 0 aliphatic carbocycles. The van der Waals surface area contributed by atoms with Crippen LogP contribution in [0.25, 0.3) is 6.08 Å². The number of rotatable bonds is 7. The Balaban J connectivity index is 2.04. The van der Waals surface area contributed by atoms with E-state index in [0.29, 0.717) is 33.6 Å². The molecule has 160 valence electrons. The van der Waals surface area contributed by atoms with E-state index in [0.717, 1.165) is 10.5 Å². The topological polar surface area (TPSA) is 84.9 Å². The minimum absolute atomic E-state index is 0.167. The normalized spacial score (nSPS) is 15.1. The summed E-state index contributed by atoms with van der Waals surface area (Å²) in [4.78, 5) is 39.1. The summed E-state index contributed by atoms with van der Waals surface area (Å²) >= 11 is 3.42. The molecule has 1 fully saturated rings. The van der Waals surface area contributed by atoms with Crippen molar-refractivity contribution in [2.45, 2.75) is 13.3 Å². The second-order valence-corrected chi connectivity index (χ2v) is 7.43. The predicted octanol–water partition coefficient (Wildman–Crippen LogP) is 4.25. The van der Waals surface area contributed by atoms with Crippen LogP contribution < -0.4 is 19.7 Å². The molecule has 2 aromatic rings. The zero-order chi connectivity index (χ0) is 22.5. The maximum Gasteiger partial charge on any atom is 0.335 e. The average Bonchev–Trinajstić information content (AvgIpc) is 2.75. The average molecular weight is 485 g/mol. The molecule has 8 heteroatoms. The van der Waals surface area contributed by atoms with Gasteiger partial charge in [0, 0.05) is 0 Å². The van der Waals surface area contributed by atoms with Crippen molar-refractivity contribution in [1.29, 1.82) is 0 Å². The number of imide groups is 2. The van der Waals surface area contributed by atoms with Crippen molar-refractivity contribution in [3.05, 3.63) is 70.2 Å². The maximum absolute atomic E-state index is 13.2. The number of methoxy groups -OCH3 is 1. The van der Waals surface area contributed by atoms with Gasteiger partial charge in [0.15, 0.2) is 11.5 Å². The van der Waals surface area contributed by atoms with Crippen LogP contribution in [0, 0.1) is 0 Å². The SMILES string of the molecule is C=CCOc1c(Br)cc(/C=C2\C(=O)NC(=O)N(c3ccccc3CC)C2=O)cc1OC. The molecule has 3 rings (SSSR count). The lowest BCUT2D eigenvalue weighted by Gasteiger charge is -2.28. The first kappa shape index (κ1) is 22.3. The molecular weight excluding hydrogens is 464 g/mol. The summed E-state index contributed by atoms with van der Waals surface area (Å²) in [7, 11) is 1.49. The smallest absolute Gasteiger partial charge is 0.335 e. The number of hydrogen-bond acceptors (Lipinski definition) is 5. The van der Waals surface area contributed by atoms with E-state index in [1.54, 1.807) is 30.3 Å². The molecule has 0 atom stereocenters. The highest BCUT2D eigenvalue weighted by molar-refractivity contribution is 9.10. The number of anilines is 1. The van der Waals surface area contributed by atoms with E-state index in [1.165, 1.54) is 13.2 Å². The third kappa shape index (κ3) is 4.54. The van der Waals surface area contributed by atoms with E-state index >= 15 is 0 Å². The molecule has 4 amide bonds. The fourth-order valence-electron chi connectivity index (χ4n) is 3.18. The highest BCUT2D eigenvalue weighted by Crippen LogP contribution is 2.37. The number of nitrogens with zero attached hydrogens (tertiary/aromatic N) is 1. The minimum atomic E-state index is -0.778. The zero-order valence-corrected chi connectivity index (χ0v) is 18.7. The first-order chi connectivity index (χ1) is 14.9. The Hall–Kier alpha value is -3.39. The van der Waals surface area contributed by atoms with Gasteiger partial charge in [-0.05, 0) is 57.8 Å². The number of aryl methyl sites for hydroxylation is 1. The number of carbonyl (C=O) groups is 3. The number of hydrogen-bond donors (Lipinski definition) is 1. The lowest BCUT2D eigenvalue weighted by molar-refractivity contribution is -0.122. The molecule has 1 aliphatic heterocycles. The van der Waals surface area contributed by atoms with Gasteiger partial charge < -0.3 is 9.47 Å². The van der Waals surface area contributed by atoms with E-state index in [1.807, 2.05) is 19.1 Å². The van der Waals surface area contributed by atoms with Crippen LogP contribution in [0.15, 0.2) is 59.1 Å². The lowest BCUT2D eigenvalue weighted by Crippen LogP contribution is -2.54. The second kappa shape index (κ2) is 9.61. The van der Waals surface area contributed by atoms with Gasteiger partial charge in [-0.2, -0.15) is 0 Å². The third-order valence-corrected chi connectivity index (χ3v) is 5.21. The Morgan fingerprint density at radius 1 is 1.19 bits per heavy atom. The molecule has 1 heterocycles. The number of carbonyl (C=O) groups excluding carboxylic acids is 3. The van der Waals surface area contributed by atoms with Crippen molar-refractivity contribution in [3.8, 4) is 11.5 Å². The molecule has 1 saturated heterocycles. The molecule has 0 saturated carbocycles. The molecule has 1 aliphatic rings. The van der Waals surface area contributed by atoms with Gasteiger partial charge in [0.25, 0.3) is 11.8 Å². The van der Waals surface area contributed by atoms with Gasteiger partial charge in [0.05, 0.1) is 17.3 Å². The van der Waals surface area contributed by atoms with Crippen LogP contribution >= 0.6 is 15.9 Å². The van der Waals surface area contributed by atoms with Crippen molar-refractivity contribution < 1.29 is 23.9 Å². The third-order valence-electron chi connectivity index (χ3n) is 4.62. The molecule has 0 radical (unpaired) electrons. The fraction of sp³-hybridized carbons (Fsp3) is 0.174. The standard InChI is InChI=1S/C23H21BrN2O5/c1-4-10-31-20-17(24)12-14(13-19(20)30-3)11-16-21(27)25-23(29)26(22(16)28)18-9-7-6-8-15(18)5-2/h4,6-9,11-13H,1,5,10H2,2-3H3,(H,25,27,29)/b16-11+. The van der Waals surface area contributed by atoms with Crippen molar-refractivity contribution in [2.75, 3.05) is 18.6 Å². The molecular formula is C23H21BrN2O5. The summed E-state index contributed by atoms with van der Waals surface area (Å²) in [6.45, 7) is 5.82. The molecule has 0 unspecified atom stereocenters. The Bertz CT molecular complexity index is 1090. The second-order valence-electron chi connectivity index (χ2n) is 6.57. The van der Waals surface area contributed by atoms with Gasteiger partial charge in [0.1, 0.15) is 12.2 Å². The summed E-state index contributed by atoms with van der Waals surface area (Å²) in [6, 6.07) is 9.62. The number of halogens is 1. The number of barbiturate groups is 1. The van der Waals surface area contributed by atoms with E-state index in [4.69, 9.17) is 9.47 Å². The Kier molecular flexibility index (Phi) is 6.91. The summed E-state index contributed by atoms with van der Waals surface area (Å²) in [5, 5.41) is 2.24. The summed E-state index contributed by atoms with van der Waals surface area (Å²) in [5.74, 6) is -0.576. The predicted molar refractivity (Wildman–Crippen MR) is 121 cm³/mol. The van der Waals surface area contributed by atoms with Crippen LogP contribution in [0.1, 0.15) is 18.1 Å². The number of para-hydroxylation sites is 1. The highest BCUT2D eigenvalue weighted by atomic mass is 79.9. The van der Waals surface area contributed by atoms with Gasteiger partial charge >= 0.3 is 6.03 Å². The Morgan fingerprint density at radius 3 is 2.61 bits per heavy atom. The highest BCUT2D eigenvalue weighted by Gasteiger charge is 2.37. The molecule has 0 bridgehead atoms. The number of urea groups is 1. The van der Waals surface area contributed by atoms with Gasteiger partial charge in [-0.15, -0.1) is 0 Å². The quantitative estimate of drug-likeness (QED) is 0.360. The molecule has 31 heavy (non-hydrogen) atoms. The van der Waals surface area contributed by atoms with E-state index < -0.39 is 17.8 Å². The lowest BCUT2D eigenvalue weighted by atomic mass is 10.0. The number of ether oxygens (including phenoxy) is 2. The molecule has 0 aromatic heterocycles. The monoisotopic (exact) mass is 484 g/mol. The van der Waals surface area contributed by atoms with Crippen LogP contribution in [-0.4, -0.2) is 31.6 Å². The minimum Gasteiger partial charge on any atom is -0.493 e. The van der Waals surface area contributed by atoms with Crippen molar-refractivity contribution >= 4 is 45.5 Å². The molecule has 7 nitrogen and oxygen atoms in total. The largest absolute Gasteiger partial charge is 0.493 e. The molecule has 1 N–H and O–H groups in total. The Labute approximate surface area is 188 Å². The van der Waals surface area contributed by atoms with Crippen LogP contribution in [0.5, 0.6) is 11.5 Å². The van der Waals surface area contributed by atoms with Crippen molar-refractivity contribution in [3.63, 3.8) is 0 Å². The van der Waals surface area contributed by atoms with Crippen LogP contribution in [0.4, 0.5) is 10.5 Å². The van der Waals surface area contributed by atoms with Gasteiger partial charge in [0.2, 0.25) is 0 Å². The number of nitrogens with one attached hydrogen (secondary N) is 1. The molecule has 2 aromatic carbocycles. The number of benzene rings is 2. The van der Waals surface area contributed by atoms with Crippen molar-refractivity contribution in [2.24, 2.45) is 0 Å². The van der Waals surface area contributed by atoms with Crippen LogP contribution in [-0.2, 0) is 16.0 Å². The molecule has 0 spiro atoms. The van der Waals surface area contributed by atoms with Crippen molar-refractivity contribution in [1.82, 2.24) is 5.32 Å². The van der Waals surface area contributed by atoms with Gasteiger partial charge in [-0.25, -0.2) is 9.69 Å². The summed E-state index contributed by atoms with van der Waals surface area (Å²) < 4.78 is 11.6. The van der Waals surface area contributed by atoms with E-state index in [-0.39, 0.29) is 12.2 Å². The fourth-order valence-corrected chi connectivity index (χ4v) is 3.75. The van der Waals surface area contributed by atoms with Crippen LogP contribution in [0.3, 0.4) is 0 Å². The van der Waals surface area contributed by atoms with Crippen LogP contribution in [0.2, 0.25) is 0 Å². The Morgan fingerprint density at radius 2 is 1.94 bits per heavy atom. The first-order valence-electron chi connectivity index (χ1n) is 9.51. The van der Waals surface area contributed by atoms with Gasteiger partial charge in [-0.1, -0.05) is 37.8 Å². The van der Waals surface area contributed by atoms with E-state index in [9.17, 15) is 14.4 Å². The van der Waals surface area contributed by atoms with Gasteiger partial charge in [-0.3, -0.25) is 14.9 Å². The summed E-state index contributed by atoms with van der Waals surface area (Å²) in [5.41, 5.74) is 1.61. The number of amides is 4. The summed E-state index contributed by atoms with van der Waals surface area (Å²) in [6.07, 6.45) is 3.64. The zero-order valence-electron chi connectivity index (χ0n) is 17.1. The van der Waals surface area contributed by atoms with E-state index in [2.05, 4.69) is 27.8 Å².